The second-order valence-corrected chi connectivity index (χ2v) is 5.37. The van der Waals surface area contributed by atoms with E-state index in [2.05, 4.69) is 20.6 Å². The van der Waals surface area contributed by atoms with Gasteiger partial charge >= 0.3 is 0 Å². The highest BCUT2D eigenvalue weighted by atomic mass is 16.2. The van der Waals surface area contributed by atoms with Gasteiger partial charge in [0.15, 0.2) is 0 Å². The monoisotopic (exact) mass is 317 g/mol. The molecule has 2 aromatic heterocycles. The van der Waals surface area contributed by atoms with Crippen molar-refractivity contribution in [3.05, 3.63) is 90.3 Å². The molecule has 0 bridgehead atoms. The number of hydrogen-bond donors (Lipinski definition) is 2. The van der Waals surface area contributed by atoms with Gasteiger partial charge in [0.25, 0.3) is 5.91 Å². The summed E-state index contributed by atoms with van der Waals surface area (Å²) in [7, 11) is 0. The van der Waals surface area contributed by atoms with Crippen molar-refractivity contribution in [3.63, 3.8) is 0 Å². The Morgan fingerprint density at radius 2 is 2.12 bits per heavy atom. The van der Waals surface area contributed by atoms with Gasteiger partial charge in [0, 0.05) is 30.4 Å². The quantitative estimate of drug-likeness (QED) is 0.909. The Morgan fingerprint density at radius 1 is 1.17 bits per heavy atom. The van der Waals surface area contributed by atoms with E-state index in [0.717, 1.165) is 11.3 Å². The van der Waals surface area contributed by atoms with Crippen LogP contribution < -0.4 is 10.6 Å². The zero-order chi connectivity index (χ0) is 16.4. The molecule has 0 aromatic carbocycles. The smallest absolute Gasteiger partial charge is 0.275 e. The molecule has 24 heavy (non-hydrogen) atoms. The Kier molecular flexibility index (Phi) is 3.55. The van der Waals surface area contributed by atoms with Crippen molar-refractivity contribution in [2.45, 2.75) is 6.17 Å². The molecular formula is C18H15N5O. The van der Waals surface area contributed by atoms with Crippen LogP contribution in [0.5, 0.6) is 0 Å². The molecule has 2 aliphatic heterocycles. The molecule has 1 atom stereocenters. The molecule has 4 rings (SSSR count). The summed E-state index contributed by atoms with van der Waals surface area (Å²) in [6.45, 7) is 0. The largest absolute Gasteiger partial charge is 0.355 e. The summed E-state index contributed by atoms with van der Waals surface area (Å²) in [6.07, 6.45) is 12.7. The van der Waals surface area contributed by atoms with Crippen LogP contribution in [-0.2, 0) is 4.79 Å². The summed E-state index contributed by atoms with van der Waals surface area (Å²) in [5, 5.41) is 6.11. The van der Waals surface area contributed by atoms with Crippen molar-refractivity contribution in [1.82, 2.24) is 20.2 Å². The van der Waals surface area contributed by atoms with Crippen LogP contribution in [0.2, 0.25) is 0 Å². The molecular weight excluding hydrogens is 302 g/mol. The molecule has 0 saturated heterocycles. The van der Waals surface area contributed by atoms with Gasteiger partial charge in [-0.1, -0.05) is 18.2 Å². The highest BCUT2D eigenvalue weighted by molar-refractivity contribution is 6.04. The van der Waals surface area contributed by atoms with E-state index < -0.39 is 0 Å². The number of nitrogens with one attached hydrogen (secondary N) is 2. The van der Waals surface area contributed by atoms with Gasteiger partial charge in [-0.25, -0.2) is 4.98 Å². The Balaban J connectivity index is 1.64. The standard InChI is InChI=1S/C18H15N5O/c24-18(21-15-8-1-3-10-20-15)16-14-7-2-4-11-23(14)17(22-16)13-6-5-9-19-12-13/h1-12,17,22H,(H,20,21,24). The van der Waals surface area contributed by atoms with E-state index in [1.165, 1.54) is 0 Å². The summed E-state index contributed by atoms with van der Waals surface area (Å²) in [4.78, 5) is 23.0. The number of carbonyl (C=O) groups is 1. The minimum Gasteiger partial charge on any atom is -0.355 e. The van der Waals surface area contributed by atoms with E-state index in [1.807, 2.05) is 47.5 Å². The number of nitrogens with zero attached hydrogens (tertiary/aromatic N) is 3. The number of allylic oxidation sites excluding steroid dienone is 3. The van der Waals surface area contributed by atoms with Crippen LogP contribution in [0, 0.1) is 0 Å². The zero-order valence-corrected chi connectivity index (χ0v) is 12.8. The van der Waals surface area contributed by atoms with E-state index in [0.29, 0.717) is 11.5 Å². The van der Waals surface area contributed by atoms with Crippen molar-refractivity contribution in [1.29, 1.82) is 0 Å². The fourth-order valence-corrected chi connectivity index (χ4v) is 2.75. The summed E-state index contributed by atoms with van der Waals surface area (Å²) in [6, 6.07) is 9.25. The van der Waals surface area contributed by atoms with E-state index in [4.69, 9.17) is 0 Å². The topological polar surface area (TPSA) is 70.2 Å². The van der Waals surface area contributed by atoms with Gasteiger partial charge in [-0.05, 0) is 30.4 Å². The lowest BCUT2D eigenvalue weighted by atomic mass is 10.2. The number of carbonyl (C=O) groups excluding carboxylic acids is 1. The minimum atomic E-state index is -0.222. The van der Waals surface area contributed by atoms with Crippen LogP contribution in [0.15, 0.2) is 84.7 Å². The first kappa shape index (κ1) is 14.2. The lowest BCUT2D eigenvalue weighted by Gasteiger charge is -2.25. The molecule has 6 heteroatoms. The van der Waals surface area contributed by atoms with Gasteiger partial charge < -0.3 is 15.5 Å². The maximum Gasteiger partial charge on any atom is 0.275 e. The van der Waals surface area contributed by atoms with Crippen molar-refractivity contribution in [3.8, 4) is 0 Å². The van der Waals surface area contributed by atoms with Gasteiger partial charge in [0.1, 0.15) is 17.7 Å². The molecule has 0 spiro atoms. The Morgan fingerprint density at radius 3 is 2.92 bits per heavy atom. The summed E-state index contributed by atoms with van der Waals surface area (Å²) in [5.74, 6) is 0.296. The third kappa shape index (κ3) is 2.54. The van der Waals surface area contributed by atoms with Gasteiger partial charge in [-0.3, -0.25) is 9.78 Å². The van der Waals surface area contributed by atoms with Gasteiger partial charge in [0.2, 0.25) is 0 Å². The molecule has 0 aliphatic carbocycles. The zero-order valence-electron chi connectivity index (χ0n) is 12.8. The lowest BCUT2D eigenvalue weighted by Crippen LogP contribution is -2.28. The normalized spacial score (nSPS) is 18.3. The summed E-state index contributed by atoms with van der Waals surface area (Å²) < 4.78 is 0. The number of amides is 1. The Hall–Kier alpha value is -3.41. The van der Waals surface area contributed by atoms with Gasteiger partial charge in [-0.2, -0.15) is 0 Å². The number of hydrogen-bond acceptors (Lipinski definition) is 5. The minimum absolute atomic E-state index is 0.167. The highest BCUT2D eigenvalue weighted by Gasteiger charge is 2.34. The van der Waals surface area contributed by atoms with Crippen LogP contribution in [0.4, 0.5) is 5.82 Å². The molecule has 2 N–H and O–H groups in total. The summed E-state index contributed by atoms with van der Waals surface area (Å²) in [5.41, 5.74) is 2.31. The molecule has 1 unspecified atom stereocenters. The second kappa shape index (κ2) is 6.00. The van der Waals surface area contributed by atoms with Crippen molar-refractivity contribution < 1.29 is 4.79 Å². The maximum atomic E-state index is 12.7. The molecule has 0 fully saturated rings. The predicted molar refractivity (Wildman–Crippen MR) is 90.1 cm³/mol. The fraction of sp³-hybridized carbons (Fsp3) is 0.0556. The Bertz CT molecular complexity index is 842. The molecule has 0 saturated carbocycles. The fourth-order valence-electron chi connectivity index (χ4n) is 2.75. The molecule has 1 amide bonds. The van der Waals surface area contributed by atoms with E-state index in [1.54, 1.807) is 30.7 Å². The van der Waals surface area contributed by atoms with Crippen LogP contribution in [0.1, 0.15) is 11.7 Å². The molecule has 6 nitrogen and oxygen atoms in total. The second-order valence-electron chi connectivity index (χ2n) is 5.37. The van der Waals surface area contributed by atoms with Gasteiger partial charge in [-0.15, -0.1) is 0 Å². The third-order valence-corrected chi connectivity index (χ3v) is 3.84. The molecule has 0 radical (unpaired) electrons. The SMILES string of the molecule is O=C(Nc1ccccn1)C1=C2C=CC=CN2C(c2cccnc2)N1. The van der Waals surface area contributed by atoms with Crippen molar-refractivity contribution >= 4 is 11.7 Å². The van der Waals surface area contributed by atoms with Crippen LogP contribution in [0.3, 0.4) is 0 Å². The first-order valence-corrected chi connectivity index (χ1v) is 7.59. The predicted octanol–water partition coefficient (Wildman–Crippen LogP) is 2.31. The number of aromatic nitrogens is 2. The van der Waals surface area contributed by atoms with Gasteiger partial charge in [0.05, 0.1) is 5.70 Å². The lowest BCUT2D eigenvalue weighted by molar-refractivity contribution is -0.113. The molecule has 2 aromatic rings. The highest BCUT2D eigenvalue weighted by Crippen LogP contribution is 2.33. The van der Waals surface area contributed by atoms with E-state index in [-0.39, 0.29) is 12.1 Å². The number of pyridine rings is 2. The van der Waals surface area contributed by atoms with E-state index in [9.17, 15) is 4.79 Å². The number of anilines is 1. The average Bonchev–Trinajstić information content (AvgIpc) is 3.03. The Labute approximate surface area is 139 Å². The molecule has 118 valence electrons. The first-order valence-electron chi connectivity index (χ1n) is 7.59. The molecule has 2 aliphatic rings. The van der Waals surface area contributed by atoms with Crippen LogP contribution >= 0.6 is 0 Å². The van der Waals surface area contributed by atoms with Crippen LogP contribution in [0.25, 0.3) is 0 Å². The number of rotatable bonds is 3. The third-order valence-electron chi connectivity index (χ3n) is 3.84. The van der Waals surface area contributed by atoms with Crippen LogP contribution in [-0.4, -0.2) is 20.8 Å². The maximum absolute atomic E-state index is 12.7. The average molecular weight is 317 g/mol. The van der Waals surface area contributed by atoms with E-state index >= 15 is 0 Å². The first-order chi connectivity index (χ1) is 11.8. The summed E-state index contributed by atoms with van der Waals surface area (Å²) >= 11 is 0. The molecule has 4 heterocycles. The number of fused-ring (bicyclic) bond motifs is 1. The van der Waals surface area contributed by atoms with Crippen molar-refractivity contribution in [2.75, 3.05) is 5.32 Å². The van der Waals surface area contributed by atoms with Crippen molar-refractivity contribution in [2.24, 2.45) is 0 Å².